The van der Waals surface area contributed by atoms with Crippen molar-refractivity contribution in [3.8, 4) is 0 Å². The molecule has 122 valence electrons. The molecular formula is C17H22N4O2. The van der Waals surface area contributed by atoms with E-state index in [-0.39, 0.29) is 29.8 Å². The molecule has 6 heteroatoms. The molecule has 0 spiro atoms. The zero-order valence-electron chi connectivity index (χ0n) is 13.3. The number of aromatic nitrogens is 1. The van der Waals surface area contributed by atoms with Gasteiger partial charge in [0.05, 0.1) is 12.0 Å². The Labute approximate surface area is 135 Å². The maximum absolute atomic E-state index is 13.0. The number of hydrogen-bond donors (Lipinski definition) is 1. The van der Waals surface area contributed by atoms with Crippen molar-refractivity contribution in [2.45, 2.75) is 50.2 Å². The largest absolute Gasteiger partial charge is 0.278 e. The number of hydrogen-bond acceptors (Lipinski definition) is 5. The second-order valence-electron chi connectivity index (χ2n) is 6.81. The molecule has 2 amide bonds. The molecule has 0 radical (unpaired) electrons. The Kier molecular flexibility index (Phi) is 3.66. The Bertz CT molecular complexity index is 614. The Balaban J connectivity index is 1.65. The maximum Gasteiger partial charge on any atom is 0.249 e. The summed E-state index contributed by atoms with van der Waals surface area (Å²) in [5.41, 5.74) is 4.24. The third kappa shape index (κ3) is 2.28. The Morgan fingerprint density at radius 3 is 2.65 bits per heavy atom. The minimum absolute atomic E-state index is 0.0161. The molecule has 23 heavy (non-hydrogen) atoms. The van der Waals surface area contributed by atoms with Crippen LogP contribution in [0.3, 0.4) is 0 Å². The quantitative estimate of drug-likeness (QED) is 0.833. The van der Waals surface area contributed by atoms with Gasteiger partial charge in [-0.15, -0.1) is 0 Å². The van der Waals surface area contributed by atoms with E-state index < -0.39 is 6.04 Å². The number of likely N-dealkylation sites (N-methyl/N-ethyl adjacent to an activating group) is 1. The van der Waals surface area contributed by atoms with Crippen LogP contribution in [-0.4, -0.2) is 45.8 Å². The van der Waals surface area contributed by atoms with Gasteiger partial charge in [-0.2, -0.15) is 0 Å². The van der Waals surface area contributed by atoms with Gasteiger partial charge in [-0.05, 0) is 24.5 Å². The fraction of sp³-hybridized carbons (Fsp3) is 0.588. The standard InChI is InChI=1S/C17H22N4O2/c1-20-15-13(14(19-20)11-6-5-9-18-10-11)16(22)21(17(15)23)12-7-3-2-4-8-12/h5-6,9-10,12-15,19H,2-4,7-8H2,1H3/t13-,14+,15+/m0/s1. The summed E-state index contributed by atoms with van der Waals surface area (Å²) in [5, 5.41) is 1.81. The summed E-state index contributed by atoms with van der Waals surface area (Å²) in [4.78, 5) is 31.7. The highest BCUT2D eigenvalue weighted by molar-refractivity contribution is 6.08. The first-order valence-electron chi connectivity index (χ1n) is 8.44. The highest BCUT2D eigenvalue weighted by Gasteiger charge is 2.58. The Morgan fingerprint density at radius 1 is 1.17 bits per heavy atom. The van der Waals surface area contributed by atoms with Crippen molar-refractivity contribution in [2.24, 2.45) is 5.92 Å². The number of fused-ring (bicyclic) bond motifs is 1. The van der Waals surface area contributed by atoms with Crippen molar-refractivity contribution in [1.29, 1.82) is 0 Å². The van der Waals surface area contributed by atoms with Crippen molar-refractivity contribution in [2.75, 3.05) is 7.05 Å². The second kappa shape index (κ2) is 5.69. The summed E-state index contributed by atoms with van der Waals surface area (Å²) in [6, 6.07) is 3.35. The molecule has 6 nitrogen and oxygen atoms in total. The van der Waals surface area contributed by atoms with Crippen LogP contribution in [0.4, 0.5) is 0 Å². The fourth-order valence-electron chi connectivity index (χ4n) is 4.35. The van der Waals surface area contributed by atoms with Crippen LogP contribution in [0.2, 0.25) is 0 Å². The lowest BCUT2D eigenvalue weighted by Crippen LogP contribution is -2.47. The van der Waals surface area contributed by atoms with Crippen molar-refractivity contribution in [3.05, 3.63) is 30.1 Å². The molecule has 3 heterocycles. The first-order valence-corrected chi connectivity index (χ1v) is 8.44. The Morgan fingerprint density at radius 2 is 1.96 bits per heavy atom. The molecule has 0 aromatic carbocycles. The van der Waals surface area contributed by atoms with Crippen molar-refractivity contribution < 1.29 is 9.59 Å². The van der Waals surface area contributed by atoms with Crippen LogP contribution in [0.25, 0.3) is 0 Å². The predicted molar refractivity (Wildman–Crippen MR) is 83.9 cm³/mol. The number of carbonyl (C=O) groups excluding carboxylic acids is 2. The van der Waals surface area contributed by atoms with Crippen LogP contribution in [0.5, 0.6) is 0 Å². The van der Waals surface area contributed by atoms with Gasteiger partial charge in [0.15, 0.2) is 0 Å². The van der Waals surface area contributed by atoms with Crippen LogP contribution in [0, 0.1) is 5.92 Å². The fourth-order valence-corrected chi connectivity index (χ4v) is 4.35. The molecule has 3 atom stereocenters. The monoisotopic (exact) mass is 314 g/mol. The van der Waals surface area contributed by atoms with Gasteiger partial charge in [-0.25, -0.2) is 10.4 Å². The van der Waals surface area contributed by atoms with E-state index in [2.05, 4.69) is 10.4 Å². The summed E-state index contributed by atoms with van der Waals surface area (Å²) < 4.78 is 0. The van der Waals surface area contributed by atoms with Gasteiger partial charge in [0.2, 0.25) is 11.8 Å². The number of imide groups is 1. The van der Waals surface area contributed by atoms with Gasteiger partial charge in [0.1, 0.15) is 6.04 Å². The minimum Gasteiger partial charge on any atom is -0.278 e. The average Bonchev–Trinajstić information content (AvgIpc) is 3.06. The zero-order chi connectivity index (χ0) is 16.0. The number of amides is 2. The van der Waals surface area contributed by atoms with Gasteiger partial charge >= 0.3 is 0 Å². The van der Waals surface area contributed by atoms with Crippen LogP contribution < -0.4 is 5.43 Å². The molecule has 1 N–H and O–H groups in total. The van der Waals surface area contributed by atoms with E-state index in [1.165, 1.54) is 6.42 Å². The van der Waals surface area contributed by atoms with Gasteiger partial charge < -0.3 is 0 Å². The van der Waals surface area contributed by atoms with E-state index in [4.69, 9.17) is 0 Å². The lowest BCUT2D eigenvalue weighted by Gasteiger charge is -2.31. The highest BCUT2D eigenvalue weighted by atomic mass is 16.2. The van der Waals surface area contributed by atoms with Crippen LogP contribution in [0.15, 0.2) is 24.5 Å². The van der Waals surface area contributed by atoms with Crippen molar-refractivity contribution >= 4 is 11.8 Å². The van der Waals surface area contributed by atoms with Crippen molar-refractivity contribution in [1.82, 2.24) is 20.3 Å². The van der Waals surface area contributed by atoms with Crippen LogP contribution in [0.1, 0.15) is 43.7 Å². The summed E-state index contributed by atoms with van der Waals surface area (Å²) in [6.45, 7) is 0. The maximum atomic E-state index is 13.0. The third-order valence-electron chi connectivity index (χ3n) is 5.46. The number of rotatable bonds is 2. The van der Waals surface area contributed by atoms with E-state index in [9.17, 15) is 9.59 Å². The number of nitrogens with one attached hydrogen (secondary N) is 1. The lowest BCUT2D eigenvalue weighted by atomic mass is 9.91. The molecule has 1 aromatic rings. The number of likely N-dealkylation sites (tertiary alicyclic amines) is 1. The molecule has 1 aliphatic carbocycles. The zero-order valence-corrected chi connectivity index (χ0v) is 13.3. The van der Waals surface area contributed by atoms with Crippen LogP contribution in [-0.2, 0) is 9.59 Å². The highest BCUT2D eigenvalue weighted by Crippen LogP contribution is 2.41. The van der Waals surface area contributed by atoms with Crippen molar-refractivity contribution in [3.63, 3.8) is 0 Å². The summed E-state index contributed by atoms with van der Waals surface area (Å²) in [6.07, 6.45) is 8.81. The average molecular weight is 314 g/mol. The normalized spacial score (nSPS) is 32.6. The topological polar surface area (TPSA) is 65.5 Å². The Hall–Kier alpha value is -1.79. The second-order valence-corrected chi connectivity index (χ2v) is 6.81. The lowest BCUT2D eigenvalue weighted by molar-refractivity contribution is -0.144. The summed E-state index contributed by atoms with van der Waals surface area (Å²) in [5.74, 6) is -0.399. The minimum atomic E-state index is -0.394. The third-order valence-corrected chi connectivity index (χ3v) is 5.46. The van der Waals surface area contributed by atoms with Gasteiger partial charge in [-0.3, -0.25) is 19.5 Å². The molecule has 1 aromatic heterocycles. The molecule has 3 aliphatic rings. The molecule has 0 bridgehead atoms. The van der Waals surface area contributed by atoms with E-state index in [0.717, 1.165) is 31.2 Å². The molecule has 2 aliphatic heterocycles. The molecule has 4 rings (SSSR count). The summed E-state index contributed by atoms with van der Waals surface area (Å²) >= 11 is 0. The summed E-state index contributed by atoms with van der Waals surface area (Å²) in [7, 11) is 1.85. The molecule has 2 saturated heterocycles. The van der Waals surface area contributed by atoms with E-state index >= 15 is 0 Å². The number of pyridine rings is 1. The van der Waals surface area contributed by atoms with E-state index in [1.54, 1.807) is 17.3 Å². The van der Waals surface area contributed by atoms with Crippen LogP contribution >= 0.6 is 0 Å². The molecule has 0 unspecified atom stereocenters. The van der Waals surface area contributed by atoms with E-state index in [0.29, 0.717) is 0 Å². The van der Waals surface area contributed by atoms with Gasteiger partial charge in [0.25, 0.3) is 0 Å². The number of nitrogens with zero attached hydrogens (tertiary/aromatic N) is 3. The van der Waals surface area contributed by atoms with E-state index in [1.807, 2.05) is 24.2 Å². The predicted octanol–water partition coefficient (Wildman–Crippen LogP) is 1.26. The number of carbonyl (C=O) groups is 2. The number of hydrazine groups is 1. The van der Waals surface area contributed by atoms with Gasteiger partial charge in [-0.1, -0.05) is 25.3 Å². The van der Waals surface area contributed by atoms with Gasteiger partial charge in [0, 0.05) is 25.5 Å². The SMILES string of the molecule is CN1N[C@H](c2cccnc2)[C@@H]2C(=O)N(C3CCCCC3)C(=O)[C@@H]21. The molecular weight excluding hydrogens is 292 g/mol. The smallest absolute Gasteiger partial charge is 0.249 e. The first-order chi connectivity index (χ1) is 11.2. The molecule has 3 fully saturated rings. The first kappa shape index (κ1) is 14.8. The molecule has 1 saturated carbocycles.